The highest BCUT2D eigenvalue weighted by molar-refractivity contribution is 7.37. The highest BCUT2D eigenvalue weighted by Crippen LogP contribution is 2.35. The summed E-state index contributed by atoms with van der Waals surface area (Å²) >= 11 is 0. The molecular weight excluding hydrogens is 224 g/mol. The van der Waals surface area contributed by atoms with Crippen LogP contribution in [0, 0.1) is 0 Å². The molecule has 1 atom stereocenters. The summed E-state index contributed by atoms with van der Waals surface area (Å²) in [6, 6.07) is 23.4. The average Bonchev–Trinajstić information content (AvgIpc) is 2.90. The van der Waals surface area contributed by atoms with Crippen LogP contribution in [0.3, 0.4) is 0 Å². The Balaban J connectivity index is 1.99. The molecule has 82 valence electrons. The topological polar surface area (TPSA) is 0 Å². The molecule has 1 heterocycles. The minimum Gasteiger partial charge on any atom is -0.0622 e. The van der Waals surface area contributed by atoms with E-state index in [0.29, 0.717) is 0 Å². The van der Waals surface area contributed by atoms with E-state index in [2.05, 4.69) is 77.5 Å². The second-order valence-electron chi connectivity index (χ2n) is 3.93. The lowest BCUT2D eigenvalue weighted by Crippen LogP contribution is -1.69. The zero-order valence-corrected chi connectivity index (χ0v) is 10.2. The number of rotatable bonds is 2. The van der Waals surface area contributed by atoms with Gasteiger partial charge >= 0.3 is 0 Å². The van der Waals surface area contributed by atoms with Crippen molar-refractivity contribution >= 4 is 10.5 Å². The van der Waals surface area contributed by atoms with Crippen LogP contribution in [0.4, 0.5) is 0 Å². The quantitative estimate of drug-likeness (QED) is 0.544. The Morgan fingerprint density at radius 1 is 0.588 bits per heavy atom. The Hall–Kier alpha value is -1.86. The van der Waals surface area contributed by atoms with Crippen LogP contribution in [-0.2, 0) is 0 Å². The number of thiophene rings is 1. The van der Waals surface area contributed by atoms with Gasteiger partial charge in [-0.05, 0) is 17.7 Å². The predicted octanol–water partition coefficient (Wildman–Crippen LogP) is 5.09. The fraction of sp³-hybridized carbons (Fsp3) is 0. The minimum absolute atomic E-state index is 0.136. The lowest BCUT2D eigenvalue weighted by molar-refractivity contribution is 1.68. The number of hydrogen-bond acceptors (Lipinski definition) is 0. The summed E-state index contributed by atoms with van der Waals surface area (Å²) in [6.45, 7) is 0. The largest absolute Gasteiger partial charge is 0.178 e. The van der Waals surface area contributed by atoms with E-state index < -0.39 is 0 Å². The summed E-state index contributed by atoms with van der Waals surface area (Å²) < 4.78 is 0. The van der Waals surface area contributed by atoms with Crippen molar-refractivity contribution in [3.05, 3.63) is 77.5 Å². The third kappa shape index (κ3) is 2.15. The summed E-state index contributed by atoms with van der Waals surface area (Å²) in [4.78, 5) is 1.38. The highest BCUT2D eigenvalue weighted by Gasteiger charge is 2.10. The van der Waals surface area contributed by atoms with Crippen molar-refractivity contribution in [1.29, 1.82) is 0 Å². The molecular formula is C16H13S+. The molecule has 0 radical (unpaired) electrons. The molecule has 0 aliphatic carbocycles. The summed E-state index contributed by atoms with van der Waals surface area (Å²) in [7, 11) is 0.136. The van der Waals surface area contributed by atoms with Gasteiger partial charge in [0.2, 0.25) is 0 Å². The van der Waals surface area contributed by atoms with Crippen LogP contribution in [-0.4, -0.2) is 0 Å². The molecule has 0 fully saturated rings. The van der Waals surface area contributed by atoms with Crippen molar-refractivity contribution < 1.29 is 0 Å². The lowest BCUT2D eigenvalue weighted by atomic mass is 10.1. The van der Waals surface area contributed by atoms with E-state index in [1.165, 1.54) is 16.0 Å². The van der Waals surface area contributed by atoms with E-state index in [-0.39, 0.29) is 10.5 Å². The first-order valence-corrected chi connectivity index (χ1v) is 7.01. The summed E-state index contributed by atoms with van der Waals surface area (Å²) in [5, 5.41) is 4.64. The normalized spacial score (nSPS) is 11.4. The molecule has 0 aliphatic rings. The second kappa shape index (κ2) is 4.56. The Labute approximate surface area is 104 Å². The molecule has 0 N–H and O–H groups in total. The Morgan fingerprint density at radius 3 is 1.94 bits per heavy atom. The Bertz CT molecular complexity index is 540. The molecule has 0 aliphatic heterocycles. The zero-order chi connectivity index (χ0) is 11.5. The predicted molar refractivity (Wildman–Crippen MR) is 75.7 cm³/mol. The van der Waals surface area contributed by atoms with Gasteiger partial charge in [-0.3, -0.25) is 0 Å². The molecule has 0 nitrogen and oxygen atoms in total. The van der Waals surface area contributed by atoms with Gasteiger partial charge in [0.05, 0.1) is 0 Å². The van der Waals surface area contributed by atoms with Crippen LogP contribution < -0.4 is 0 Å². The fourth-order valence-electron chi connectivity index (χ4n) is 1.88. The van der Waals surface area contributed by atoms with E-state index in [0.717, 1.165) is 0 Å². The van der Waals surface area contributed by atoms with E-state index in [1.807, 2.05) is 0 Å². The van der Waals surface area contributed by atoms with Crippen molar-refractivity contribution in [2.24, 2.45) is 0 Å². The summed E-state index contributed by atoms with van der Waals surface area (Å²) in [5.41, 5.74) is 2.63. The van der Waals surface area contributed by atoms with Crippen LogP contribution in [0.25, 0.3) is 16.0 Å². The zero-order valence-electron chi connectivity index (χ0n) is 9.41. The van der Waals surface area contributed by atoms with Crippen molar-refractivity contribution in [3.8, 4) is 16.0 Å². The van der Waals surface area contributed by atoms with Gasteiger partial charge in [0.25, 0.3) is 0 Å². The van der Waals surface area contributed by atoms with E-state index in [4.69, 9.17) is 0 Å². The van der Waals surface area contributed by atoms with Crippen LogP contribution in [0.1, 0.15) is 0 Å². The van der Waals surface area contributed by atoms with Crippen molar-refractivity contribution in [2.45, 2.75) is 0 Å². The molecule has 0 spiro atoms. The Morgan fingerprint density at radius 2 is 1.24 bits per heavy atom. The van der Waals surface area contributed by atoms with Gasteiger partial charge in [-0.1, -0.05) is 48.5 Å². The molecule has 1 aromatic heterocycles. The van der Waals surface area contributed by atoms with Crippen LogP contribution in [0.5, 0.6) is 0 Å². The van der Waals surface area contributed by atoms with Crippen molar-refractivity contribution in [1.82, 2.24) is 0 Å². The van der Waals surface area contributed by atoms with Gasteiger partial charge in [0, 0.05) is 22.1 Å². The summed E-state index contributed by atoms with van der Waals surface area (Å²) in [5.74, 6) is 0. The van der Waals surface area contributed by atoms with E-state index in [9.17, 15) is 0 Å². The smallest absolute Gasteiger partial charge is 0.0622 e. The monoisotopic (exact) mass is 237 g/mol. The molecule has 0 saturated carbocycles. The first kappa shape index (κ1) is 10.3. The maximum Gasteiger partial charge on any atom is 0.178 e. The number of benzene rings is 2. The minimum atomic E-state index is 0.136. The number of hydrogen-bond donors (Lipinski definition) is 0. The first-order chi connectivity index (χ1) is 8.43. The van der Waals surface area contributed by atoms with Gasteiger partial charge in [-0.15, -0.1) is 0 Å². The molecule has 17 heavy (non-hydrogen) atoms. The highest BCUT2D eigenvalue weighted by atomic mass is 32.2. The first-order valence-electron chi connectivity index (χ1n) is 5.66. The third-order valence-corrected chi connectivity index (χ3v) is 4.52. The average molecular weight is 237 g/mol. The van der Waals surface area contributed by atoms with Crippen molar-refractivity contribution in [3.63, 3.8) is 0 Å². The maximum atomic E-state index is 2.35. The fourth-order valence-corrected chi connectivity index (χ4v) is 3.51. The molecule has 1 heteroatoms. The molecule has 2 aromatic carbocycles. The van der Waals surface area contributed by atoms with Gasteiger partial charge in [0.1, 0.15) is 5.38 Å². The standard InChI is InChI=1S/C16H13S/c1-3-7-14(8-4-1)15-11-12-17(13-15)16-9-5-2-6-10-16/h1-13H/q+1. The molecule has 1 unspecified atom stereocenters. The van der Waals surface area contributed by atoms with E-state index in [1.54, 1.807) is 0 Å². The Kier molecular flexibility index (Phi) is 2.76. The van der Waals surface area contributed by atoms with E-state index >= 15 is 0 Å². The van der Waals surface area contributed by atoms with Crippen LogP contribution in [0.15, 0.2) is 77.5 Å². The molecule has 3 rings (SSSR count). The van der Waals surface area contributed by atoms with Crippen LogP contribution in [0.2, 0.25) is 0 Å². The molecule has 0 bridgehead atoms. The van der Waals surface area contributed by atoms with Gasteiger partial charge in [-0.2, -0.15) is 0 Å². The molecule has 0 saturated heterocycles. The molecule has 3 aromatic rings. The van der Waals surface area contributed by atoms with Gasteiger partial charge in [-0.25, -0.2) is 0 Å². The second-order valence-corrected chi connectivity index (χ2v) is 5.65. The van der Waals surface area contributed by atoms with Gasteiger partial charge in [0.15, 0.2) is 10.3 Å². The van der Waals surface area contributed by atoms with Crippen molar-refractivity contribution in [2.75, 3.05) is 0 Å². The van der Waals surface area contributed by atoms with Gasteiger partial charge < -0.3 is 0 Å². The SMILES string of the molecule is c1ccc(-c2cc[s+](-c3ccccc3)c2)cc1. The lowest BCUT2D eigenvalue weighted by Gasteiger charge is -1.92. The molecule has 0 amide bonds. The van der Waals surface area contributed by atoms with Crippen LogP contribution >= 0.6 is 10.5 Å². The maximum absolute atomic E-state index is 2.35. The third-order valence-electron chi connectivity index (χ3n) is 2.77. The summed E-state index contributed by atoms with van der Waals surface area (Å²) in [6.07, 6.45) is 0.